The maximum Gasteiger partial charge on any atom is 0.127 e. The monoisotopic (exact) mass is 262 g/mol. The molecule has 1 aromatic rings. The molecule has 72 valence electrons. The van der Waals surface area contributed by atoms with Gasteiger partial charge in [-0.05, 0) is 12.1 Å². The van der Waals surface area contributed by atoms with E-state index in [4.69, 9.17) is 5.41 Å². The molecule has 0 amide bonds. The van der Waals surface area contributed by atoms with Gasteiger partial charge >= 0.3 is 0 Å². The number of nitrogens with zero attached hydrogens (tertiary/aromatic N) is 1. The maximum absolute atomic E-state index is 7.69. The molecule has 0 fully saturated rings. The molecule has 2 nitrogen and oxygen atoms in total. The summed E-state index contributed by atoms with van der Waals surface area (Å²) in [6.07, 6.45) is 0. The van der Waals surface area contributed by atoms with E-state index in [1.54, 1.807) is 4.90 Å². The van der Waals surface area contributed by atoms with Crippen LogP contribution >= 0.6 is 28.3 Å². The minimum absolute atomic E-state index is 0. The van der Waals surface area contributed by atoms with Gasteiger partial charge in [-0.1, -0.05) is 28.1 Å². The van der Waals surface area contributed by atoms with Gasteiger partial charge in [0.25, 0.3) is 0 Å². The lowest BCUT2D eigenvalue weighted by molar-refractivity contribution is 0.619. The Hall–Kier alpha value is -0.540. The molecule has 0 aliphatic heterocycles. The summed E-state index contributed by atoms with van der Waals surface area (Å²) in [6, 6.07) is 7.74. The molecule has 1 rings (SSSR count). The number of hydrogen-bond acceptors (Lipinski definition) is 1. The summed E-state index contributed by atoms with van der Waals surface area (Å²) in [4.78, 5) is 1.78. The van der Waals surface area contributed by atoms with Crippen LogP contribution in [0.3, 0.4) is 0 Å². The Morgan fingerprint density at radius 3 is 2.46 bits per heavy atom. The number of benzene rings is 1. The molecule has 0 saturated carbocycles. The highest BCUT2D eigenvalue weighted by molar-refractivity contribution is 9.10. The molecule has 1 aromatic carbocycles. The van der Waals surface area contributed by atoms with Gasteiger partial charge in [0.05, 0.1) is 0 Å². The van der Waals surface area contributed by atoms with Crippen LogP contribution in [0, 0.1) is 5.41 Å². The molecule has 0 spiro atoms. The summed E-state index contributed by atoms with van der Waals surface area (Å²) >= 11 is 3.36. The first kappa shape index (κ1) is 12.5. The van der Waals surface area contributed by atoms with Crippen LogP contribution in [0.2, 0.25) is 0 Å². The van der Waals surface area contributed by atoms with E-state index < -0.39 is 0 Å². The second-order valence-electron chi connectivity index (χ2n) is 2.75. The molecule has 0 unspecified atom stereocenters. The molecule has 4 heteroatoms. The van der Waals surface area contributed by atoms with Gasteiger partial charge in [-0.3, -0.25) is 5.41 Å². The Morgan fingerprint density at radius 2 is 2.00 bits per heavy atom. The van der Waals surface area contributed by atoms with Crippen molar-refractivity contribution >= 4 is 34.2 Å². The highest BCUT2D eigenvalue weighted by Gasteiger charge is 2.02. The van der Waals surface area contributed by atoms with Gasteiger partial charge in [0.15, 0.2) is 0 Å². The molecule has 0 aromatic heterocycles. The molecular formula is C9H12BrClN2. The fourth-order valence-corrected chi connectivity index (χ4v) is 1.29. The zero-order chi connectivity index (χ0) is 9.14. The first-order valence-electron chi connectivity index (χ1n) is 3.63. The summed E-state index contributed by atoms with van der Waals surface area (Å²) in [7, 11) is 3.73. The lowest BCUT2D eigenvalue weighted by Crippen LogP contribution is -2.21. The lowest BCUT2D eigenvalue weighted by Gasteiger charge is -2.13. The summed E-state index contributed by atoms with van der Waals surface area (Å²) in [5.74, 6) is 0.524. The fourth-order valence-electron chi connectivity index (χ4n) is 0.894. The van der Waals surface area contributed by atoms with Crippen molar-refractivity contribution in [3.05, 3.63) is 34.3 Å². The van der Waals surface area contributed by atoms with Gasteiger partial charge in [0.2, 0.25) is 0 Å². The van der Waals surface area contributed by atoms with Crippen molar-refractivity contribution in [2.45, 2.75) is 0 Å². The van der Waals surface area contributed by atoms with E-state index in [0.29, 0.717) is 5.84 Å². The molecule has 0 aliphatic carbocycles. The lowest BCUT2D eigenvalue weighted by atomic mass is 10.2. The van der Waals surface area contributed by atoms with Crippen LogP contribution in [-0.2, 0) is 0 Å². The molecule has 13 heavy (non-hydrogen) atoms. The van der Waals surface area contributed by atoms with Crippen LogP contribution in [-0.4, -0.2) is 24.8 Å². The van der Waals surface area contributed by atoms with E-state index in [9.17, 15) is 0 Å². The van der Waals surface area contributed by atoms with Crippen LogP contribution in [0.5, 0.6) is 0 Å². The van der Waals surface area contributed by atoms with Crippen molar-refractivity contribution in [2.75, 3.05) is 14.1 Å². The van der Waals surface area contributed by atoms with Gasteiger partial charge in [0, 0.05) is 24.1 Å². The Morgan fingerprint density at radius 1 is 1.38 bits per heavy atom. The van der Waals surface area contributed by atoms with Crippen LogP contribution in [0.1, 0.15) is 5.56 Å². The molecule has 0 bridgehead atoms. The third-order valence-corrected chi connectivity index (χ3v) is 2.04. The van der Waals surface area contributed by atoms with E-state index in [1.807, 2.05) is 38.4 Å². The first-order valence-corrected chi connectivity index (χ1v) is 4.42. The van der Waals surface area contributed by atoms with Crippen molar-refractivity contribution in [3.63, 3.8) is 0 Å². The third kappa shape index (κ3) is 3.36. The molecule has 1 N–H and O–H groups in total. The van der Waals surface area contributed by atoms with Crippen LogP contribution in [0.25, 0.3) is 0 Å². The van der Waals surface area contributed by atoms with Gasteiger partial charge < -0.3 is 4.90 Å². The first-order chi connectivity index (χ1) is 5.61. The summed E-state index contributed by atoms with van der Waals surface area (Å²) in [6.45, 7) is 0. The topological polar surface area (TPSA) is 27.1 Å². The molecule has 0 aliphatic rings. The van der Waals surface area contributed by atoms with Crippen LogP contribution in [0.4, 0.5) is 0 Å². The minimum atomic E-state index is 0. The van der Waals surface area contributed by atoms with Crippen molar-refractivity contribution in [1.29, 1.82) is 5.41 Å². The predicted octanol–water partition coefficient (Wildman–Crippen LogP) is 2.76. The molecule has 0 heterocycles. The molecule has 0 atom stereocenters. The third-order valence-electron chi connectivity index (χ3n) is 1.55. The quantitative estimate of drug-likeness (QED) is 0.612. The average Bonchev–Trinajstić information content (AvgIpc) is 2.03. The molecule has 0 saturated heterocycles. The number of hydrogen-bond donors (Lipinski definition) is 1. The number of nitrogens with one attached hydrogen (secondary N) is 1. The van der Waals surface area contributed by atoms with Crippen molar-refractivity contribution in [3.8, 4) is 0 Å². The Balaban J connectivity index is 0.00000144. The van der Waals surface area contributed by atoms with E-state index in [2.05, 4.69) is 15.9 Å². The van der Waals surface area contributed by atoms with E-state index >= 15 is 0 Å². The van der Waals surface area contributed by atoms with Gasteiger partial charge in [-0.15, -0.1) is 12.4 Å². The Labute approximate surface area is 93.0 Å². The predicted molar refractivity (Wildman–Crippen MR) is 61.9 cm³/mol. The van der Waals surface area contributed by atoms with Crippen LogP contribution in [0.15, 0.2) is 28.7 Å². The van der Waals surface area contributed by atoms with Crippen molar-refractivity contribution in [2.24, 2.45) is 0 Å². The molecular weight excluding hydrogens is 251 g/mol. The number of amidine groups is 1. The molecule has 0 radical (unpaired) electrons. The second-order valence-corrected chi connectivity index (χ2v) is 3.67. The van der Waals surface area contributed by atoms with Crippen LogP contribution < -0.4 is 0 Å². The van der Waals surface area contributed by atoms with Gasteiger partial charge in [0.1, 0.15) is 5.84 Å². The van der Waals surface area contributed by atoms with E-state index in [-0.39, 0.29) is 12.4 Å². The van der Waals surface area contributed by atoms with Crippen molar-refractivity contribution < 1.29 is 0 Å². The highest BCUT2D eigenvalue weighted by Crippen LogP contribution is 2.12. The summed E-state index contributed by atoms with van der Waals surface area (Å²) < 4.78 is 1.01. The van der Waals surface area contributed by atoms with Gasteiger partial charge in [-0.25, -0.2) is 0 Å². The number of halogens is 2. The van der Waals surface area contributed by atoms with Gasteiger partial charge in [-0.2, -0.15) is 0 Å². The summed E-state index contributed by atoms with van der Waals surface area (Å²) in [5, 5.41) is 7.69. The summed E-state index contributed by atoms with van der Waals surface area (Å²) in [5.41, 5.74) is 0.925. The average molecular weight is 264 g/mol. The smallest absolute Gasteiger partial charge is 0.127 e. The largest absolute Gasteiger partial charge is 0.363 e. The van der Waals surface area contributed by atoms with E-state index in [0.717, 1.165) is 10.0 Å². The number of rotatable bonds is 1. The SMILES string of the molecule is CN(C)C(=N)c1cccc(Br)c1.Cl. The fraction of sp³-hybridized carbons (Fsp3) is 0.222. The Bertz CT molecular complexity index is 299. The Kier molecular flexibility index (Phi) is 5.03. The highest BCUT2D eigenvalue weighted by atomic mass is 79.9. The van der Waals surface area contributed by atoms with E-state index in [1.165, 1.54) is 0 Å². The second kappa shape index (κ2) is 5.25. The minimum Gasteiger partial charge on any atom is -0.363 e. The zero-order valence-electron chi connectivity index (χ0n) is 7.54. The maximum atomic E-state index is 7.69. The normalized spacial score (nSPS) is 8.85. The van der Waals surface area contributed by atoms with Crippen molar-refractivity contribution in [1.82, 2.24) is 4.90 Å². The zero-order valence-corrected chi connectivity index (χ0v) is 9.95. The standard InChI is InChI=1S/C9H11BrN2.ClH/c1-12(2)9(11)7-4-3-5-8(10)6-7;/h3-6,11H,1-2H3;1H.